The number of rotatable bonds is 1. The summed E-state index contributed by atoms with van der Waals surface area (Å²) in [7, 11) is 0. The highest BCUT2D eigenvalue weighted by atomic mass is 79.9. The van der Waals surface area contributed by atoms with Gasteiger partial charge in [0.1, 0.15) is 5.84 Å². The topological polar surface area (TPSA) is 49.9 Å². The third kappa shape index (κ3) is 2.04. The summed E-state index contributed by atoms with van der Waals surface area (Å²) in [5, 5.41) is 7.20. The van der Waals surface area contributed by atoms with Crippen molar-refractivity contribution in [1.82, 2.24) is 0 Å². The first kappa shape index (κ1) is 8.74. The normalized spacial score (nSPS) is 9.64. The van der Waals surface area contributed by atoms with Crippen LogP contribution in [-0.2, 0) is 0 Å². The number of hydrogen-bond acceptors (Lipinski definition) is 1. The van der Waals surface area contributed by atoms with Crippen molar-refractivity contribution in [3.8, 4) is 0 Å². The average molecular weight is 278 g/mol. The van der Waals surface area contributed by atoms with Crippen LogP contribution in [-0.4, -0.2) is 5.84 Å². The molecule has 1 rings (SSSR count). The van der Waals surface area contributed by atoms with Crippen LogP contribution in [0.5, 0.6) is 0 Å². The Morgan fingerprint density at radius 3 is 2.45 bits per heavy atom. The van der Waals surface area contributed by atoms with E-state index in [1.54, 1.807) is 6.07 Å². The van der Waals surface area contributed by atoms with E-state index in [1.807, 2.05) is 12.1 Å². The van der Waals surface area contributed by atoms with Crippen LogP contribution in [0.3, 0.4) is 0 Å². The maximum Gasteiger partial charge on any atom is 0.123 e. The molecule has 58 valence electrons. The van der Waals surface area contributed by atoms with Crippen LogP contribution in [0, 0.1) is 5.41 Å². The molecule has 1 aromatic carbocycles. The molecule has 0 radical (unpaired) electrons. The molecule has 4 heteroatoms. The fourth-order valence-electron chi connectivity index (χ4n) is 0.704. The Morgan fingerprint density at radius 1 is 1.36 bits per heavy atom. The van der Waals surface area contributed by atoms with E-state index >= 15 is 0 Å². The molecule has 0 amide bonds. The number of nitrogens with two attached hydrogens (primary N) is 1. The molecule has 0 aliphatic heterocycles. The number of nitrogens with one attached hydrogen (secondary N) is 1. The fraction of sp³-hybridized carbons (Fsp3) is 0. The first-order valence-corrected chi connectivity index (χ1v) is 4.49. The molecule has 0 heterocycles. The predicted octanol–water partition coefficient (Wildman–Crippen LogP) is 2.50. The predicted molar refractivity (Wildman–Crippen MR) is 52.9 cm³/mol. The average Bonchev–Trinajstić information content (AvgIpc) is 1.94. The number of amidine groups is 1. The Kier molecular flexibility index (Phi) is 2.67. The number of halogens is 2. The Labute approximate surface area is 81.6 Å². The first-order valence-electron chi connectivity index (χ1n) is 2.90. The van der Waals surface area contributed by atoms with Gasteiger partial charge < -0.3 is 5.73 Å². The zero-order valence-electron chi connectivity index (χ0n) is 5.57. The van der Waals surface area contributed by atoms with Gasteiger partial charge in [-0.05, 0) is 18.2 Å². The zero-order valence-corrected chi connectivity index (χ0v) is 8.74. The minimum atomic E-state index is 0.0678. The smallest absolute Gasteiger partial charge is 0.123 e. The van der Waals surface area contributed by atoms with E-state index in [1.165, 1.54) is 0 Å². The highest BCUT2D eigenvalue weighted by molar-refractivity contribution is 9.11. The molecule has 0 spiro atoms. The number of hydrogen-bond donors (Lipinski definition) is 2. The van der Waals surface area contributed by atoms with Crippen LogP contribution in [0.1, 0.15) is 5.56 Å². The van der Waals surface area contributed by atoms with E-state index in [9.17, 15) is 0 Å². The molecule has 0 aromatic heterocycles. The van der Waals surface area contributed by atoms with Crippen molar-refractivity contribution in [3.63, 3.8) is 0 Å². The zero-order chi connectivity index (χ0) is 8.43. The Bertz CT molecular complexity index is 296. The van der Waals surface area contributed by atoms with Crippen molar-refractivity contribution in [2.75, 3.05) is 0 Å². The van der Waals surface area contributed by atoms with Gasteiger partial charge in [-0.1, -0.05) is 31.9 Å². The summed E-state index contributed by atoms with van der Waals surface area (Å²) in [5.74, 6) is 0.0678. The molecule has 11 heavy (non-hydrogen) atoms. The van der Waals surface area contributed by atoms with Crippen molar-refractivity contribution < 1.29 is 0 Å². The van der Waals surface area contributed by atoms with Crippen molar-refractivity contribution in [2.45, 2.75) is 0 Å². The molecule has 3 N–H and O–H groups in total. The van der Waals surface area contributed by atoms with E-state index < -0.39 is 0 Å². The summed E-state index contributed by atoms with van der Waals surface area (Å²) in [6, 6.07) is 5.53. The largest absolute Gasteiger partial charge is 0.384 e. The number of nitrogen functional groups attached to an aromatic ring is 1. The summed E-state index contributed by atoms with van der Waals surface area (Å²) < 4.78 is 1.76. The maximum atomic E-state index is 7.20. The van der Waals surface area contributed by atoms with Gasteiger partial charge in [0.25, 0.3) is 0 Å². The van der Waals surface area contributed by atoms with Crippen LogP contribution in [0.4, 0.5) is 0 Å². The third-order valence-corrected chi connectivity index (χ3v) is 2.40. The van der Waals surface area contributed by atoms with Crippen molar-refractivity contribution in [2.24, 2.45) is 5.73 Å². The molecule has 0 bridgehead atoms. The van der Waals surface area contributed by atoms with Crippen molar-refractivity contribution >= 4 is 37.7 Å². The van der Waals surface area contributed by atoms with Crippen LogP contribution in [0.25, 0.3) is 0 Å². The van der Waals surface area contributed by atoms with E-state index in [0.29, 0.717) is 5.56 Å². The minimum absolute atomic E-state index is 0.0678. The molecule has 2 nitrogen and oxygen atoms in total. The second-order valence-electron chi connectivity index (χ2n) is 2.04. The van der Waals surface area contributed by atoms with E-state index in [-0.39, 0.29) is 5.84 Å². The maximum absolute atomic E-state index is 7.20. The van der Waals surface area contributed by atoms with Gasteiger partial charge in [-0.3, -0.25) is 5.41 Å². The molecule has 0 unspecified atom stereocenters. The molecular formula is C7H6Br2N2. The van der Waals surface area contributed by atoms with Gasteiger partial charge in [0.15, 0.2) is 0 Å². The van der Waals surface area contributed by atoms with Gasteiger partial charge >= 0.3 is 0 Å². The van der Waals surface area contributed by atoms with Crippen molar-refractivity contribution in [3.05, 3.63) is 32.7 Å². The standard InChI is InChI=1S/C7H6Br2N2/c8-4-1-2-6(9)5(3-4)7(10)11/h1-3H,(H3,10,11). The summed E-state index contributed by atoms with van der Waals surface area (Å²) >= 11 is 6.58. The molecule has 0 saturated carbocycles. The molecule has 0 saturated heterocycles. The fourth-order valence-corrected chi connectivity index (χ4v) is 1.53. The summed E-state index contributed by atoms with van der Waals surface area (Å²) in [5.41, 5.74) is 6.02. The second kappa shape index (κ2) is 3.36. The Morgan fingerprint density at radius 2 is 2.00 bits per heavy atom. The highest BCUT2D eigenvalue weighted by Crippen LogP contribution is 2.20. The van der Waals surface area contributed by atoms with Crippen molar-refractivity contribution in [1.29, 1.82) is 5.41 Å². The SMILES string of the molecule is N=C(N)c1cc(Br)ccc1Br. The van der Waals surface area contributed by atoms with E-state index in [2.05, 4.69) is 31.9 Å². The monoisotopic (exact) mass is 276 g/mol. The number of benzene rings is 1. The molecule has 1 aromatic rings. The summed E-state index contributed by atoms with van der Waals surface area (Å²) in [6.07, 6.45) is 0. The lowest BCUT2D eigenvalue weighted by Gasteiger charge is -2.01. The van der Waals surface area contributed by atoms with Gasteiger partial charge in [-0.15, -0.1) is 0 Å². The minimum Gasteiger partial charge on any atom is -0.384 e. The van der Waals surface area contributed by atoms with Gasteiger partial charge in [0.05, 0.1) is 0 Å². The second-order valence-corrected chi connectivity index (χ2v) is 3.81. The van der Waals surface area contributed by atoms with Crippen LogP contribution >= 0.6 is 31.9 Å². The highest BCUT2D eigenvalue weighted by Gasteiger charge is 2.01. The van der Waals surface area contributed by atoms with E-state index in [0.717, 1.165) is 8.95 Å². The molecular weight excluding hydrogens is 272 g/mol. The molecule has 0 aliphatic rings. The van der Waals surface area contributed by atoms with Gasteiger partial charge in [0.2, 0.25) is 0 Å². The van der Waals surface area contributed by atoms with Crippen LogP contribution < -0.4 is 5.73 Å². The Balaban J connectivity index is 3.23. The third-order valence-electron chi connectivity index (χ3n) is 1.22. The molecule has 0 atom stereocenters. The molecule has 0 fully saturated rings. The van der Waals surface area contributed by atoms with Crippen LogP contribution in [0.2, 0.25) is 0 Å². The van der Waals surface area contributed by atoms with Gasteiger partial charge in [0, 0.05) is 14.5 Å². The lowest BCUT2D eigenvalue weighted by atomic mass is 10.2. The lowest BCUT2D eigenvalue weighted by molar-refractivity contribution is 1.40. The summed E-state index contributed by atoms with van der Waals surface area (Å²) in [6.45, 7) is 0. The Hall–Kier alpha value is -0.350. The van der Waals surface area contributed by atoms with Gasteiger partial charge in [-0.25, -0.2) is 0 Å². The summed E-state index contributed by atoms with van der Waals surface area (Å²) in [4.78, 5) is 0. The van der Waals surface area contributed by atoms with Crippen LogP contribution in [0.15, 0.2) is 27.1 Å². The quantitative estimate of drug-likeness (QED) is 0.601. The lowest BCUT2D eigenvalue weighted by Crippen LogP contribution is -2.11. The molecule has 0 aliphatic carbocycles. The van der Waals surface area contributed by atoms with Gasteiger partial charge in [-0.2, -0.15) is 0 Å². The van der Waals surface area contributed by atoms with E-state index in [4.69, 9.17) is 11.1 Å². The first-order chi connectivity index (χ1) is 5.11.